The molecule has 2 unspecified atom stereocenters. The molecule has 62 valence electrons. The number of rotatable bonds is 2. The fraction of sp³-hybridized carbons (Fsp3) is 1.00. The first-order chi connectivity index (χ1) is 4.39. The predicted molar refractivity (Wildman–Crippen MR) is 48.7 cm³/mol. The van der Waals surface area contributed by atoms with E-state index in [-0.39, 0.29) is 11.5 Å². The highest BCUT2D eigenvalue weighted by atomic mass is 32.1. The third-order valence-corrected chi connectivity index (χ3v) is 1.82. The molecule has 10 heavy (non-hydrogen) atoms. The first-order valence-corrected chi connectivity index (χ1v) is 4.12. The fourth-order valence-electron chi connectivity index (χ4n) is 1.27. The van der Waals surface area contributed by atoms with Crippen molar-refractivity contribution >= 4 is 12.6 Å². The smallest absolute Gasteiger partial charge is 0.0732 e. The van der Waals surface area contributed by atoms with Gasteiger partial charge in [0, 0.05) is 12.4 Å². The minimum absolute atomic E-state index is 0.190. The van der Waals surface area contributed by atoms with Crippen LogP contribution in [0.25, 0.3) is 0 Å². The molecule has 0 spiro atoms. The Morgan fingerprint density at radius 1 is 1.30 bits per heavy atom. The Hall–Kier alpha value is 0.310. The van der Waals surface area contributed by atoms with Gasteiger partial charge in [-0.05, 0) is 5.41 Å². The van der Waals surface area contributed by atoms with Crippen LogP contribution >= 0.6 is 12.6 Å². The van der Waals surface area contributed by atoms with Crippen molar-refractivity contribution in [3.8, 4) is 0 Å². The van der Waals surface area contributed by atoms with E-state index in [2.05, 4.69) is 40.3 Å². The summed E-state index contributed by atoms with van der Waals surface area (Å²) in [7, 11) is 1.74. The van der Waals surface area contributed by atoms with Crippen molar-refractivity contribution in [3.63, 3.8) is 0 Å². The lowest BCUT2D eigenvalue weighted by atomic mass is 9.87. The Kier molecular flexibility index (Phi) is 3.74. The Balaban J connectivity index is 4.07. The lowest BCUT2D eigenvalue weighted by molar-refractivity contribution is 0.0190. The zero-order valence-corrected chi connectivity index (χ0v) is 8.40. The molecule has 1 nitrogen and oxygen atoms in total. The zero-order valence-electron chi connectivity index (χ0n) is 7.51. The van der Waals surface area contributed by atoms with Gasteiger partial charge in [-0.25, -0.2) is 0 Å². The van der Waals surface area contributed by atoms with Gasteiger partial charge in [0.15, 0.2) is 0 Å². The molecular weight excluding hydrogens is 144 g/mol. The summed E-state index contributed by atoms with van der Waals surface area (Å²) in [6.07, 6.45) is 0.232. The molecule has 0 saturated heterocycles. The van der Waals surface area contributed by atoms with Crippen LogP contribution in [0.4, 0.5) is 0 Å². The standard InChI is InChI=1S/C8H18OS/c1-6(10)7(9-5)8(2,3)4/h6-7,10H,1-5H3. The van der Waals surface area contributed by atoms with Gasteiger partial charge in [0.2, 0.25) is 0 Å². The van der Waals surface area contributed by atoms with Crippen LogP contribution in [0.15, 0.2) is 0 Å². The van der Waals surface area contributed by atoms with E-state index in [0.717, 1.165) is 0 Å². The van der Waals surface area contributed by atoms with Crippen molar-refractivity contribution in [2.24, 2.45) is 5.41 Å². The van der Waals surface area contributed by atoms with Gasteiger partial charge >= 0.3 is 0 Å². The molecule has 2 heteroatoms. The van der Waals surface area contributed by atoms with Gasteiger partial charge in [-0.3, -0.25) is 0 Å². The number of methoxy groups -OCH3 is 1. The van der Waals surface area contributed by atoms with Crippen LogP contribution in [-0.4, -0.2) is 18.5 Å². The second-order valence-corrected chi connectivity index (χ2v) is 4.58. The van der Waals surface area contributed by atoms with Crippen LogP contribution in [-0.2, 0) is 4.74 Å². The predicted octanol–water partition coefficient (Wildman–Crippen LogP) is 2.37. The van der Waals surface area contributed by atoms with Crippen LogP contribution < -0.4 is 0 Å². The molecule has 0 rings (SSSR count). The van der Waals surface area contributed by atoms with Crippen molar-refractivity contribution < 1.29 is 4.74 Å². The molecule has 0 bridgehead atoms. The Morgan fingerprint density at radius 2 is 1.70 bits per heavy atom. The maximum atomic E-state index is 5.30. The van der Waals surface area contributed by atoms with Gasteiger partial charge in [0.25, 0.3) is 0 Å². The summed E-state index contributed by atoms with van der Waals surface area (Å²) in [5.41, 5.74) is 0.190. The van der Waals surface area contributed by atoms with Gasteiger partial charge in [-0.1, -0.05) is 27.7 Å². The normalized spacial score (nSPS) is 18.6. The SMILES string of the molecule is COC(C(C)S)C(C)(C)C. The van der Waals surface area contributed by atoms with E-state index in [0.29, 0.717) is 5.25 Å². The fourth-order valence-corrected chi connectivity index (χ4v) is 1.84. The van der Waals surface area contributed by atoms with Gasteiger partial charge in [0.05, 0.1) is 6.10 Å². The molecule has 0 aromatic carbocycles. The summed E-state index contributed by atoms with van der Waals surface area (Å²) in [6.45, 7) is 8.54. The Labute approximate surface area is 69.6 Å². The minimum Gasteiger partial charge on any atom is -0.380 e. The number of hydrogen-bond acceptors (Lipinski definition) is 2. The van der Waals surface area contributed by atoms with E-state index in [4.69, 9.17) is 4.74 Å². The quantitative estimate of drug-likeness (QED) is 0.613. The third-order valence-electron chi connectivity index (χ3n) is 1.55. The highest BCUT2D eigenvalue weighted by Gasteiger charge is 2.27. The van der Waals surface area contributed by atoms with E-state index in [1.54, 1.807) is 7.11 Å². The third kappa shape index (κ3) is 2.93. The lowest BCUT2D eigenvalue weighted by Crippen LogP contribution is -2.34. The molecule has 0 amide bonds. The Bertz CT molecular complexity index is 93.9. The maximum absolute atomic E-state index is 5.30. The second-order valence-electron chi connectivity index (χ2n) is 3.76. The molecule has 0 saturated carbocycles. The molecule has 0 aromatic heterocycles. The molecule has 0 aliphatic carbocycles. The zero-order chi connectivity index (χ0) is 8.36. The molecule has 2 atom stereocenters. The highest BCUT2D eigenvalue weighted by Crippen LogP contribution is 2.26. The summed E-state index contributed by atoms with van der Waals surface area (Å²) in [5.74, 6) is 0. The van der Waals surface area contributed by atoms with Crippen molar-refractivity contribution in [3.05, 3.63) is 0 Å². The topological polar surface area (TPSA) is 9.23 Å². The van der Waals surface area contributed by atoms with E-state index in [1.165, 1.54) is 0 Å². The minimum atomic E-state index is 0.190. The summed E-state index contributed by atoms with van der Waals surface area (Å²) >= 11 is 4.34. The van der Waals surface area contributed by atoms with Crippen molar-refractivity contribution in [1.82, 2.24) is 0 Å². The first-order valence-electron chi connectivity index (χ1n) is 3.60. The van der Waals surface area contributed by atoms with Crippen molar-refractivity contribution in [1.29, 1.82) is 0 Å². The number of thiol groups is 1. The number of hydrogen-bond donors (Lipinski definition) is 1. The molecule has 0 radical (unpaired) electrons. The summed E-state index contributed by atoms with van der Waals surface area (Å²) in [5, 5.41) is 0.296. The summed E-state index contributed by atoms with van der Waals surface area (Å²) in [4.78, 5) is 0. The number of ether oxygens (including phenoxy) is 1. The summed E-state index contributed by atoms with van der Waals surface area (Å²) < 4.78 is 5.30. The molecule has 0 aromatic rings. The van der Waals surface area contributed by atoms with E-state index < -0.39 is 0 Å². The van der Waals surface area contributed by atoms with Gasteiger partial charge in [0.1, 0.15) is 0 Å². The maximum Gasteiger partial charge on any atom is 0.0732 e. The first kappa shape index (κ1) is 10.3. The van der Waals surface area contributed by atoms with Crippen LogP contribution in [0, 0.1) is 5.41 Å². The van der Waals surface area contributed by atoms with Crippen molar-refractivity contribution in [2.75, 3.05) is 7.11 Å². The van der Waals surface area contributed by atoms with Gasteiger partial charge in [-0.15, -0.1) is 0 Å². The van der Waals surface area contributed by atoms with Crippen molar-refractivity contribution in [2.45, 2.75) is 39.0 Å². The molecular formula is C8H18OS. The molecule has 0 aliphatic rings. The molecule has 0 heterocycles. The van der Waals surface area contributed by atoms with Gasteiger partial charge < -0.3 is 4.74 Å². The average molecular weight is 162 g/mol. The molecule has 0 aliphatic heterocycles. The lowest BCUT2D eigenvalue weighted by Gasteiger charge is -2.31. The monoisotopic (exact) mass is 162 g/mol. The van der Waals surface area contributed by atoms with E-state index in [9.17, 15) is 0 Å². The summed E-state index contributed by atoms with van der Waals surface area (Å²) in [6, 6.07) is 0. The second kappa shape index (κ2) is 3.63. The van der Waals surface area contributed by atoms with E-state index >= 15 is 0 Å². The Morgan fingerprint density at radius 3 is 1.70 bits per heavy atom. The average Bonchev–Trinajstić information content (AvgIpc) is 1.60. The molecule has 0 N–H and O–H groups in total. The van der Waals surface area contributed by atoms with Crippen LogP contribution in [0.3, 0.4) is 0 Å². The largest absolute Gasteiger partial charge is 0.380 e. The van der Waals surface area contributed by atoms with Crippen LogP contribution in [0.2, 0.25) is 0 Å². The van der Waals surface area contributed by atoms with Crippen LogP contribution in [0.1, 0.15) is 27.7 Å². The van der Waals surface area contributed by atoms with Crippen LogP contribution in [0.5, 0.6) is 0 Å². The van der Waals surface area contributed by atoms with E-state index in [1.807, 2.05) is 0 Å². The molecule has 0 fully saturated rings. The highest BCUT2D eigenvalue weighted by molar-refractivity contribution is 7.81. The van der Waals surface area contributed by atoms with Gasteiger partial charge in [-0.2, -0.15) is 12.6 Å².